The van der Waals surface area contributed by atoms with Crippen LogP contribution >= 0.6 is 0 Å². The molecule has 2 bridgehead atoms. The van der Waals surface area contributed by atoms with Crippen LogP contribution in [-0.2, 0) is 33.3 Å². The van der Waals surface area contributed by atoms with E-state index >= 15 is 0 Å². The Bertz CT molecular complexity index is 846. The van der Waals surface area contributed by atoms with Gasteiger partial charge in [-0.15, -0.1) is 0 Å². The van der Waals surface area contributed by atoms with Crippen molar-refractivity contribution < 1.29 is 38.4 Å². The lowest BCUT2D eigenvalue weighted by Gasteiger charge is -2.55. The molecule has 1 saturated carbocycles. The molecule has 1 saturated heterocycles. The third kappa shape index (κ3) is 4.89. The number of ether oxygens (including phenoxy) is 4. The van der Waals surface area contributed by atoms with E-state index < -0.39 is 53.3 Å². The zero-order chi connectivity index (χ0) is 25.6. The molecular weight excluding hydrogens is 440 g/mol. The van der Waals surface area contributed by atoms with Crippen LogP contribution in [0.15, 0.2) is 11.6 Å². The van der Waals surface area contributed by atoms with Crippen molar-refractivity contribution in [2.75, 3.05) is 0 Å². The molecule has 0 aromatic heterocycles. The molecule has 9 atom stereocenters. The van der Waals surface area contributed by atoms with Crippen LogP contribution in [0.4, 0.5) is 0 Å². The summed E-state index contributed by atoms with van der Waals surface area (Å²) < 4.78 is 24.2. The van der Waals surface area contributed by atoms with Gasteiger partial charge in [0.05, 0.1) is 17.8 Å². The summed E-state index contributed by atoms with van der Waals surface area (Å²) in [4.78, 5) is 36.9. The third-order valence-electron chi connectivity index (χ3n) is 7.84. The summed E-state index contributed by atoms with van der Waals surface area (Å²) in [5, 5.41) is 11.6. The molecule has 0 aromatic carbocycles. The van der Waals surface area contributed by atoms with E-state index in [1.807, 2.05) is 20.8 Å². The molecule has 0 amide bonds. The maximum absolute atomic E-state index is 12.4. The predicted octanol–water partition coefficient (Wildman–Crippen LogP) is 3.34. The number of hydrogen-bond donors (Lipinski definition) is 1. The second-order valence-electron chi connectivity index (χ2n) is 11.1. The highest BCUT2D eigenvalue weighted by Gasteiger charge is 2.70. The van der Waals surface area contributed by atoms with Crippen molar-refractivity contribution in [3.63, 3.8) is 0 Å². The molecule has 2 aliphatic heterocycles. The number of aliphatic hydroxyl groups is 1. The lowest BCUT2D eigenvalue weighted by molar-refractivity contribution is -0.248. The molecule has 0 unspecified atom stereocenters. The van der Waals surface area contributed by atoms with Crippen LogP contribution in [0.5, 0.6) is 0 Å². The zero-order valence-corrected chi connectivity index (χ0v) is 21.6. The van der Waals surface area contributed by atoms with E-state index in [-0.39, 0.29) is 23.9 Å². The molecule has 1 aliphatic carbocycles. The fraction of sp³-hybridized carbons (Fsp3) is 0.808. The molecule has 1 N–H and O–H groups in total. The second kappa shape index (κ2) is 9.61. The normalized spacial score (nSPS) is 43.5. The van der Waals surface area contributed by atoms with E-state index in [0.29, 0.717) is 12.8 Å². The average molecular weight is 481 g/mol. The molecular formula is C26H40O8. The molecule has 0 aromatic rings. The van der Waals surface area contributed by atoms with E-state index in [0.717, 1.165) is 12.0 Å². The van der Waals surface area contributed by atoms with Crippen molar-refractivity contribution >= 4 is 17.9 Å². The van der Waals surface area contributed by atoms with Crippen LogP contribution < -0.4 is 0 Å². The molecule has 8 nitrogen and oxygen atoms in total. The fourth-order valence-electron chi connectivity index (χ4n) is 6.77. The number of fused-ring (bicyclic) bond motifs is 5. The van der Waals surface area contributed by atoms with Crippen LogP contribution in [0.2, 0.25) is 0 Å². The molecule has 2 heterocycles. The van der Waals surface area contributed by atoms with Crippen LogP contribution in [0.3, 0.4) is 0 Å². The van der Waals surface area contributed by atoms with Gasteiger partial charge in [-0.05, 0) is 46.0 Å². The summed E-state index contributed by atoms with van der Waals surface area (Å²) in [5.41, 5.74) is -1.36. The monoisotopic (exact) mass is 480 g/mol. The zero-order valence-electron chi connectivity index (χ0n) is 21.6. The third-order valence-corrected chi connectivity index (χ3v) is 7.84. The van der Waals surface area contributed by atoms with Crippen molar-refractivity contribution in [3.05, 3.63) is 11.6 Å². The van der Waals surface area contributed by atoms with E-state index in [1.165, 1.54) is 20.8 Å². The lowest BCUT2D eigenvalue weighted by atomic mass is 9.55. The molecule has 2 fully saturated rings. The highest BCUT2D eigenvalue weighted by atomic mass is 16.6. The Morgan fingerprint density at radius 1 is 1.09 bits per heavy atom. The molecule has 0 spiro atoms. The molecule has 192 valence electrons. The fourth-order valence-corrected chi connectivity index (χ4v) is 6.77. The van der Waals surface area contributed by atoms with Gasteiger partial charge >= 0.3 is 17.9 Å². The Morgan fingerprint density at radius 2 is 1.71 bits per heavy atom. The van der Waals surface area contributed by atoms with Crippen LogP contribution in [0, 0.1) is 23.7 Å². The Balaban J connectivity index is 2.28. The largest absolute Gasteiger partial charge is 0.458 e. The molecule has 3 aliphatic rings. The van der Waals surface area contributed by atoms with E-state index in [9.17, 15) is 19.5 Å². The highest BCUT2D eigenvalue weighted by Crippen LogP contribution is 2.58. The first-order valence-corrected chi connectivity index (χ1v) is 12.3. The maximum Gasteiger partial charge on any atom is 0.303 e. The van der Waals surface area contributed by atoms with Gasteiger partial charge < -0.3 is 24.1 Å². The van der Waals surface area contributed by atoms with E-state index in [4.69, 9.17) is 18.9 Å². The van der Waals surface area contributed by atoms with Gasteiger partial charge in [-0.25, -0.2) is 0 Å². The highest BCUT2D eigenvalue weighted by molar-refractivity contribution is 5.69. The van der Waals surface area contributed by atoms with Crippen LogP contribution in [0.25, 0.3) is 0 Å². The first kappa shape index (κ1) is 26.7. The van der Waals surface area contributed by atoms with Crippen LogP contribution in [0.1, 0.15) is 74.7 Å². The van der Waals surface area contributed by atoms with Gasteiger partial charge in [-0.3, -0.25) is 14.4 Å². The Labute approximate surface area is 202 Å². The van der Waals surface area contributed by atoms with Crippen molar-refractivity contribution in [1.29, 1.82) is 0 Å². The summed E-state index contributed by atoms with van der Waals surface area (Å²) in [6.45, 7) is 13.5. The van der Waals surface area contributed by atoms with E-state index in [1.54, 1.807) is 13.8 Å². The number of rotatable bonds is 4. The second-order valence-corrected chi connectivity index (χ2v) is 11.1. The number of carbonyl (C=O) groups is 3. The number of esters is 3. The minimum atomic E-state index is -1.33. The van der Waals surface area contributed by atoms with Gasteiger partial charge in [0.25, 0.3) is 0 Å². The molecule has 0 radical (unpaired) electrons. The minimum Gasteiger partial charge on any atom is -0.458 e. The summed E-state index contributed by atoms with van der Waals surface area (Å²) in [5.74, 6) is -2.60. The molecule has 8 heteroatoms. The quantitative estimate of drug-likeness (QED) is 0.371. The smallest absolute Gasteiger partial charge is 0.303 e. The summed E-state index contributed by atoms with van der Waals surface area (Å²) in [7, 11) is 0. The Kier molecular flexibility index (Phi) is 7.54. The SMILES string of the molecule is CC(=O)O[C@H]1[C@H](C(C)C)[C@@H]2[C@@H]([C@@H]3C/C(C)=C\CC[C@@](C)(O)[C@H]2O3)[C@](C)(OC(C)=O)[C@H]1OC(C)=O. The molecule has 34 heavy (non-hydrogen) atoms. The van der Waals surface area contributed by atoms with Gasteiger partial charge in [0.1, 0.15) is 6.10 Å². The first-order valence-electron chi connectivity index (χ1n) is 12.3. The number of hydrogen-bond acceptors (Lipinski definition) is 8. The van der Waals surface area contributed by atoms with Crippen molar-refractivity contribution in [1.82, 2.24) is 0 Å². The van der Waals surface area contributed by atoms with Crippen molar-refractivity contribution in [3.8, 4) is 0 Å². The lowest BCUT2D eigenvalue weighted by Crippen LogP contribution is -2.69. The predicted molar refractivity (Wildman–Crippen MR) is 123 cm³/mol. The van der Waals surface area contributed by atoms with E-state index in [2.05, 4.69) is 6.08 Å². The van der Waals surface area contributed by atoms with Gasteiger partial charge in [0.15, 0.2) is 11.7 Å². The number of carbonyl (C=O) groups excluding carboxylic acids is 3. The van der Waals surface area contributed by atoms with Gasteiger partial charge in [-0.1, -0.05) is 25.5 Å². The minimum absolute atomic E-state index is 0.00276. The standard InChI is InChI=1S/C26H40O8/c1-13(2)19-20-21(18-12-14(3)10-9-11-25(7,30)23(20)33-18)26(8,34-17(6)29)24(32-16(5)28)22(19)31-15(4)27/h10,13,18-24,30H,9,11-12H2,1-8H3/b14-10-/t18-,19+,20+,21+,22-,23-,24-,25+,26-/m0/s1. The maximum atomic E-state index is 12.4. The van der Waals surface area contributed by atoms with Gasteiger partial charge in [-0.2, -0.15) is 0 Å². The Morgan fingerprint density at radius 3 is 2.24 bits per heavy atom. The van der Waals surface area contributed by atoms with Crippen molar-refractivity contribution in [2.45, 2.75) is 110 Å². The first-order chi connectivity index (χ1) is 15.7. The summed E-state index contributed by atoms with van der Waals surface area (Å²) >= 11 is 0. The summed E-state index contributed by atoms with van der Waals surface area (Å²) in [6.07, 6.45) is 1.11. The topological polar surface area (TPSA) is 108 Å². The average Bonchev–Trinajstić information content (AvgIpc) is 3.05. The summed E-state index contributed by atoms with van der Waals surface area (Å²) in [6, 6.07) is 0. The van der Waals surface area contributed by atoms with Gasteiger partial charge in [0, 0.05) is 38.5 Å². The number of allylic oxidation sites excluding steroid dienone is 1. The van der Waals surface area contributed by atoms with Crippen LogP contribution in [-0.4, -0.2) is 58.6 Å². The van der Waals surface area contributed by atoms with Gasteiger partial charge in [0.2, 0.25) is 0 Å². The molecule has 3 rings (SSSR count). The van der Waals surface area contributed by atoms with Crippen molar-refractivity contribution in [2.24, 2.45) is 23.7 Å². The Hall–Kier alpha value is -1.93.